The molecule has 2 aliphatic rings. The molecule has 0 saturated heterocycles. The van der Waals surface area contributed by atoms with Gasteiger partial charge in [0, 0.05) is 17.5 Å². The van der Waals surface area contributed by atoms with E-state index in [0.29, 0.717) is 6.04 Å². The van der Waals surface area contributed by atoms with Crippen molar-refractivity contribution in [1.29, 1.82) is 0 Å². The molecule has 0 amide bonds. The number of carboxylic acid groups (broad SMARTS) is 1. The summed E-state index contributed by atoms with van der Waals surface area (Å²) in [6.07, 6.45) is 8.75. The van der Waals surface area contributed by atoms with E-state index in [1.807, 2.05) is 11.4 Å². The second-order valence-corrected chi connectivity index (χ2v) is 5.95. The summed E-state index contributed by atoms with van der Waals surface area (Å²) >= 11 is 1.69. The summed E-state index contributed by atoms with van der Waals surface area (Å²) in [5.41, 5.74) is 1.01. The van der Waals surface area contributed by atoms with E-state index < -0.39 is 12.0 Å². The molecule has 0 bridgehead atoms. The number of carbonyl (C=O) groups is 1. The van der Waals surface area contributed by atoms with Gasteiger partial charge in [0.05, 0.1) is 0 Å². The van der Waals surface area contributed by atoms with E-state index in [0.717, 1.165) is 31.4 Å². The largest absolute Gasteiger partial charge is 0.480 e. The Morgan fingerprint density at radius 3 is 3.11 bits per heavy atom. The van der Waals surface area contributed by atoms with E-state index in [9.17, 15) is 9.90 Å². The Kier molecular flexibility index (Phi) is 3.22. The van der Waals surface area contributed by atoms with Gasteiger partial charge in [-0.15, -0.1) is 11.3 Å². The molecule has 1 aliphatic carbocycles. The minimum atomic E-state index is -0.715. The number of rotatable bonds is 2. The smallest absolute Gasteiger partial charge is 0.325 e. The van der Waals surface area contributed by atoms with Gasteiger partial charge in [0.1, 0.15) is 6.04 Å². The first-order valence-electron chi connectivity index (χ1n) is 6.49. The van der Waals surface area contributed by atoms with Crippen molar-refractivity contribution in [2.45, 2.75) is 37.8 Å². The minimum Gasteiger partial charge on any atom is -0.480 e. The Morgan fingerprint density at radius 2 is 2.39 bits per heavy atom. The van der Waals surface area contributed by atoms with E-state index in [1.165, 1.54) is 11.3 Å². The average Bonchev–Trinajstić information content (AvgIpc) is 2.86. The first-order valence-corrected chi connectivity index (χ1v) is 7.37. The zero-order valence-corrected chi connectivity index (χ0v) is 11.0. The summed E-state index contributed by atoms with van der Waals surface area (Å²) in [6.45, 7) is 0.861. The maximum atomic E-state index is 11.6. The molecule has 1 aliphatic heterocycles. The molecule has 0 fully saturated rings. The molecular weight excluding hydrogens is 246 g/mol. The predicted molar refractivity (Wildman–Crippen MR) is 71.9 cm³/mol. The summed E-state index contributed by atoms with van der Waals surface area (Å²) in [7, 11) is 0. The SMILES string of the molecule is O=C(O)C1c2ccsc2CCN1C1C=CCCC1. The number of thiophene rings is 1. The number of aliphatic carboxylic acids is 1. The van der Waals surface area contributed by atoms with Crippen LogP contribution in [0.1, 0.15) is 35.7 Å². The van der Waals surface area contributed by atoms with E-state index in [1.54, 1.807) is 11.3 Å². The van der Waals surface area contributed by atoms with Gasteiger partial charge in [0.25, 0.3) is 0 Å². The second kappa shape index (κ2) is 4.86. The summed E-state index contributed by atoms with van der Waals surface area (Å²) in [6, 6.07) is 1.83. The van der Waals surface area contributed by atoms with Crippen molar-refractivity contribution in [2.75, 3.05) is 6.54 Å². The van der Waals surface area contributed by atoms with Crippen molar-refractivity contribution in [1.82, 2.24) is 4.90 Å². The molecule has 1 N–H and O–H groups in total. The third kappa shape index (κ3) is 1.99. The van der Waals surface area contributed by atoms with E-state index in [2.05, 4.69) is 17.1 Å². The van der Waals surface area contributed by atoms with E-state index >= 15 is 0 Å². The first kappa shape index (κ1) is 11.9. The lowest BCUT2D eigenvalue weighted by molar-refractivity contribution is -0.144. The van der Waals surface area contributed by atoms with Crippen LogP contribution in [0.25, 0.3) is 0 Å². The van der Waals surface area contributed by atoms with Crippen molar-refractivity contribution in [2.24, 2.45) is 0 Å². The fourth-order valence-corrected chi connectivity index (χ4v) is 3.94. The number of carboxylic acids is 1. The van der Waals surface area contributed by atoms with Gasteiger partial charge < -0.3 is 5.11 Å². The van der Waals surface area contributed by atoms with Crippen LogP contribution in [0.2, 0.25) is 0 Å². The predicted octanol–water partition coefficient (Wildman–Crippen LogP) is 2.84. The molecule has 96 valence electrons. The highest BCUT2D eigenvalue weighted by atomic mass is 32.1. The standard InChI is InChI=1S/C14H17NO2S/c16-14(17)13-11-7-9-18-12(11)6-8-15(13)10-4-2-1-3-5-10/h2,4,7,9-10,13H,1,3,5-6,8H2,(H,16,17). The Hall–Kier alpha value is -1.13. The molecule has 2 unspecified atom stereocenters. The van der Waals surface area contributed by atoms with Gasteiger partial charge in [-0.05, 0) is 42.7 Å². The van der Waals surface area contributed by atoms with Crippen molar-refractivity contribution >= 4 is 17.3 Å². The normalized spacial score (nSPS) is 28.0. The molecule has 0 aromatic carbocycles. The zero-order valence-electron chi connectivity index (χ0n) is 10.2. The van der Waals surface area contributed by atoms with E-state index in [-0.39, 0.29) is 0 Å². The lowest BCUT2D eigenvalue weighted by atomic mass is 9.94. The molecule has 2 heterocycles. The molecule has 3 rings (SSSR count). The molecule has 4 heteroatoms. The maximum absolute atomic E-state index is 11.6. The van der Waals surface area contributed by atoms with Gasteiger partial charge in [-0.2, -0.15) is 0 Å². The summed E-state index contributed by atoms with van der Waals surface area (Å²) in [5, 5.41) is 11.6. The second-order valence-electron chi connectivity index (χ2n) is 4.95. The van der Waals surface area contributed by atoms with Gasteiger partial charge in [0.2, 0.25) is 0 Å². The van der Waals surface area contributed by atoms with Crippen LogP contribution in [0.3, 0.4) is 0 Å². The van der Waals surface area contributed by atoms with Crippen LogP contribution >= 0.6 is 11.3 Å². The van der Waals surface area contributed by atoms with Crippen LogP contribution in [0.4, 0.5) is 0 Å². The van der Waals surface area contributed by atoms with Gasteiger partial charge >= 0.3 is 5.97 Å². The quantitative estimate of drug-likeness (QED) is 0.834. The van der Waals surface area contributed by atoms with Crippen molar-refractivity contribution in [3.8, 4) is 0 Å². The molecule has 0 saturated carbocycles. The molecule has 1 aromatic heterocycles. The van der Waals surface area contributed by atoms with Gasteiger partial charge in [0.15, 0.2) is 0 Å². The molecule has 18 heavy (non-hydrogen) atoms. The maximum Gasteiger partial charge on any atom is 0.325 e. The Bertz CT molecular complexity index is 480. The van der Waals surface area contributed by atoms with E-state index in [4.69, 9.17) is 0 Å². The van der Waals surface area contributed by atoms with Crippen molar-refractivity contribution < 1.29 is 9.90 Å². The average molecular weight is 263 g/mol. The Morgan fingerprint density at radius 1 is 1.50 bits per heavy atom. The van der Waals surface area contributed by atoms with Crippen molar-refractivity contribution in [3.63, 3.8) is 0 Å². The lowest BCUT2D eigenvalue weighted by Gasteiger charge is -2.38. The van der Waals surface area contributed by atoms with Gasteiger partial charge in [-0.1, -0.05) is 12.2 Å². The van der Waals surface area contributed by atoms with Gasteiger partial charge in [-0.3, -0.25) is 9.69 Å². The van der Waals surface area contributed by atoms with Crippen LogP contribution in [0, 0.1) is 0 Å². The summed E-state index contributed by atoms with van der Waals surface area (Å²) in [4.78, 5) is 15.0. The summed E-state index contributed by atoms with van der Waals surface area (Å²) < 4.78 is 0. The van der Waals surface area contributed by atoms with Crippen LogP contribution in [0.5, 0.6) is 0 Å². The number of fused-ring (bicyclic) bond motifs is 1. The molecule has 1 aromatic rings. The fourth-order valence-electron chi connectivity index (χ4n) is 3.04. The number of hydrogen-bond donors (Lipinski definition) is 1. The first-order chi connectivity index (χ1) is 8.77. The van der Waals surface area contributed by atoms with Crippen LogP contribution in [-0.2, 0) is 11.2 Å². The Balaban J connectivity index is 1.93. The highest BCUT2D eigenvalue weighted by molar-refractivity contribution is 7.10. The zero-order chi connectivity index (χ0) is 12.5. The monoisotopic (exact) mass is 263 g/mol. The third-order valence-corrected chi connectivity index (χ3v) is 4.89. The summed E-state index contributed by atoms with van der Waals surface area (Å²) in [5.74, 6) is -0.715. The number of hydrogen-bond acceptors (Lipinski definition) is 3. The topological polar surface area (TPSA) is 40.5 Å². The fraction of sp³-hybridized carbons (Fsp3) is 0.500. The Labute approximate surface area is 111 Å². The molecule has 2 atom stereocenters. The number of allylic oxidation sites excluding steroid dienone is 1. The van der Waals surface area contributed by atoms with Crippen LogP contribution in [-0.4, -0.2) is 28.6 Å². The minimum absolute atomic E-state index is 0.299. The molecule has 0 radical (unpaired) electrons. The third-order valence-electron chi connectivity index (χ3n) is 3.89. The highest BCUT2D eigenvalue weighted by Crippen LogP contribution is 2.36. The van der Waals surface area contributed by atoms with Gasteiger partial charge in [-0.25, -0.2) is 0 Å². The van der Waals surface area contributed by atoms with Crippen LogP contribution in [0.15, 0.2) is 23.6 Å². The molecular formula is C14H17NO2S. The molecule has 0 spiro atoms. The van der Waals surface area contributed by atoms with Crippen LogP contribution < -0.4 is 0 Å². The molecule has 3 nitrogen and oxygen atoms in total. The highest BCUT2D eigenvalue weighted by Gasteiger charge is 2.36. The lowest BCUT2D eigenvalue weighted by Crippen LogP contribution is -2.45. The van der Waals surface area contributed by atoms with Crippen molar-refractivity contribution in [3.05, 3.63) is 34.0 Å². The number of nitrogens with zero attached hydrogens (tertiary/aromatic N) is 1.